The molecular weight excluding hydrogens is 328 g/mol. The van der Waals surface area contributed by atoms with E-state index in [0.717, 1.165) is 6.07 Å². The van der Waals surface area contributed by atoms with E-state index in [-0.39, 0.29) is 41.3 Å². The van der Waals surface area contributed by atoms with Crippen LogP contribution in [0.1, 0.15) is 35.7 Å². The molecule has 1 aromatic carbocycles. The van der Waals surface area contributed by atoms with Gasteiger partial charge in [-0.05, 0) is 24.6 Å². The number of cyclic esters (lactones) is 1. The van der Waals surface area contributed by atoms with Crippen LogP contribution in [0.15, 0.2) is 24.3 Å². The lowest BCUT2D eigenvalue weighted by atomic mass is 9.99. The molecule has 3 rings (SSSR count). The Hall–Kier alpha value is -2.38. The van der Waals surface area contributed by atoms with Gasteiger partial charge in [0.15, 0.2) is 5.78 Å². The Bertz CT molecular complexity index is 724. The van der Waals surface area contributed by atoms with Gasteiger partial charge in [-0.15, -0.1) is 0 Å². The zero-order valence-corrected chi connectivity index (χ0v) is 13.7. The minimum atomic E-state index is -0.809. The molecule has 0 radical (unpaired) electrons. The number of aliphatic hydroxyl groups excluding tert-OH is 1. The van der Waals surface area contributed by atoms with E-state index in [4.69, 9.17) is 9.47 Å². The lowest BCUT2D eigenvalue weighted by molar-refractivity contribution is -0.114. The van der Waals surface area contributed by atoms with Crippen LogP contribution in [0.5, 0.6) is 11.5 Å². The Morgan fingerprint density at radius 1 is 1.12 bits per heavy atom. The summed E-state index contributed by atoms with van der Waals surface area (Å²) in [6, 6.07) is 2.27. The fourth-order valence-corrected chi connectivity index (χ4v) is 3.04. The number of phenolic OH excluding ortho intramolecular Hbond substituents is 2. The first kappa shape index (κ1) is 17.4. The zero-order chi connectivity index (χ0) is 18.1. The number of aromatic hydroxyl groups is 2. The summed E-state index contributed by atoms with van der Waals surface area (Å²) in [6.45, 7) is 1.71. The van der Waals surface area contributed by atoms with E-state index in [1.54, 1.807) is 6.92 Å². The van der Waals surface area contributed by atoms with Crippen molar-refractivity contribution in [2.75, 3.05) is 0 Å². The van der Waals surface area contributed by atoms with Crippen LogP contribution >= 0.6 is 0 Å². The van der Waals surface area contributed by atoms with Gasteiger partial charge in [-0.25, -0.2) is 4.79 Å². The predicted molar refractivity (Wildman–Crippen MR) is 86.4 cm³/mol. The van der Waals surface area contributed by atoms with Crippen molar-refractivity contribution in [2.24, 2.45) is 0 Å². The normalized spacial score (nSPS) is 31.3. The highest BCUT2D eigenvalue weighted by Crippen LogP contribution is 2.33. The Kier molecular flexibility index (Phi) is 4.78. The van der Waals surface area contributed by atoms with Crippen molar-refractivity contribution < 1.29 is 34.4 Å². The maximum absolute atomic E-state index is 12.4. The number of ether oxygens (including phenoxy) is 2. The van der Waals surface area contributed by atoms with Crippen LogP contribution in [0.3, 0.4) is 0 Å². The summed E-state index contributed by atoms with van der Waals surface area (Å²) in [5, 5.41) is 29.6. The molecule has 0 amide bonds. The van der Waals surface area contributed by atoms with Gasteiger partial charge in [-0.1, -0.05) is 6.08 Å². The lowest BCUT2D eigenvalue weighted by Gasteiger charge is -2.16. The molecule has 3 N–H and O–H groups in total. The summed E-state index contributed by atoms with van der Waals surface area (Å²) in [5.41, 5.74) is 0.0220. The van der Waals surface area contributed by atoms with Gasteiger partial charge in [0.2, 0.25) is 0 Å². The molecule has 1 fully saturated rings. The summed E-state index contributed by atoms with van der Waals surface area (Å²) in [6.07, 6.45) is 1.73. The molecule has 7 heteroatoms. The first-order valence-corrected chi connectivity index (χ1v) is 8.14. The van der Waals surface area contributed by atoms with Crippen LogP contribution < -0.4 is 0 Å². The van der Waals surface area contributed by atoms with Gasteiger partial charge >= 0.3 is 5.97 Å². The van der Waals surface area contributed by atoms with E-state index in [1.807, 2.05) is 0 Å². The lowest BCUT2D eigenvalue weighted by Crippen LogP contribution is -2.20. The number of hydrogen-bond donors (Lipinski definition) is 3. The molecule has 4 atom stereocenters. The van der Waals surface area contributed by atoms with E-state index < -0.39 is 23.9 Å². The third-order valence-corrected chi connectivity index (χ3v) is 4.29. The minimum Gasteiger partial charge on any atom is -0.508 e. The number of aliphatic hydroxyl groups is 1. The number of phenols is 2. The fraction of sp³-hybridized carbons (Fsp3) is 0.444. The van der Waals surface area contributed by atoms with Crippen LogP contribution in [0.4, 0.5) is 0 Å². The van der Waals surface area contributed by atoms with Crippen molar-refractivity contribution in [1.82, 2.24) is 0 Å². The summed E-state index contributed by atoms with van der Waals surface area (Å²) in [5.74, 6) is -1.84. The Balaban J connectivity index is 1.94. The molecule has 0 spiro atoms. The van der Waals surface area contributed by atoms with Crippen molar-refractivity contribution in [2.45, 2.75) is 50.6 Å². The summed E-state index contributed by atoms with van der Waals surface area (Å²) >= 11 is 0. The van der Waals surface area contributed by atoms with Gasteiger partial charge in [0.05, 0.1) is 18.3 Å². The molecule has 2 heterocycles. The second-order valence-corrected chi connectivity index (χ2v) is 6.47. The van der Waals surface area contributed by atoms with Crippen molar-refractivity contribution >= 4 is 11.8 Å². The second kappa shape index (κ2) is 6.85. The predicted octanol–water partition coefficient (Wildman–Crippen LogP) is 1.23. The van der Waals surface area contributed by atoms with Crippen molar-refractivity contribution in [3.63, 3.8) is 0 Å². The molecule has 0 aliphatic carbocycles. The number of ketones is 1. The standard InChI is InChI=1S/C18H20O7/c1-9-4-15-16(25-15)8-12(20)3-2-11(19)5-10-6-13(21)7-14(22)17(10)18(23)24-9/h2-3,6-7,9,12,15-16,20-22H,4-5,8H2,1H3/b3-2+/t9-,12-,15-,16-/m1/s1. The number of carbonyl (C=O) groups excluding carboxylic acids is 2. The number of benzene rings is 1. The summed E-state index contributed by atoms with van der Waals surface area (Å²) in [4.78, 5) is 24.5. The average molecular weight is 348 g/mol. The quantitative estimate of drug-likeness (QED) is 0.477. The van der Waals surface area contributed by atoms with Gasteiger partial charge in [0.25, 0.3) is 0 Å². The highest BCUT2D eigenvalue weighted by atomic mass is 16.6. The molecular formula is C18H20O7. The fourth-order valence-electron chi connectivity index (χ4n) is 3.04. The van der Waals surface area contributed by atoms with Crippen LogP contribution in [0.2, 0.25) is 0 Å². The SMILES string of the molecule is C[C@@H]1C[C@H]2O[C@@H]2C[C@H](O)/C=C/C(=O)Cc2cc(O)cc(O)c2C(=O)O1. The molecule has 0 unspecified atom stereocenters. The highest BCUT2D eigenvalue weighted by molar-refractivity contribution is 5.98. The molecule has 2 aliphatic heterocycles. The Labute approximate surface area is 144 Å². The number of allylic oxidation sites excluding steroid dienone is 1. The first-order valence-electron chi connectivity index (χ1n) is 8.14. The molecule has 0 bridgehead atoms. The molecule has 0 saturated carbocycles. The molecule has 7 nitrogen and oxygen atoms in total. The monoisotopic (exact) mass is 348 g/mol. The third-order valence-electron chi connectivity index (χ3n) is 4.29. The van der Waals surface area contributed by atoms with E-state index >= 15 is 0 Å². The Morgan fingerprint density at radius 3 is 2.60 bits per heavy atom. The van der Waals surface area contributed by atoms with Gasteiger partial charge < -0.3 is 24.8 Å². The number of rotatable bonds is 0. The molecule has 1 saturated heterocycles. The van der Waals surface area contributed by atoms with Crippen molar-refractivity contribution in [1.29, 1.82) is 0 Å². The molecule has 25 heavy (non-hydrogen) atoms. The van der Waals surface area contributed by atoms with Gasteiger partial charge in [0.1, 0.15) is 23.2 Å². The maximum atomic E-state index is 12.4. The summed E-state index contributed by atoms with van der Waals surface area (Å²) in [7, 11) is 0. The largest absolute Gasteiger partial charge is 0.508 e. The van der Waals surface area contributed by atoms with Crippen LogP contribution in [-0.2, 0) is 20.7 Å². The molecule has 0 aromatic heterocycles. The third kappa shape index (κ3) is 4.18. The van der Waals surface area contributed by atoms with Crippen LogP contribution in [0, 0.1) is 0 Å². The van der Waals surface area contributed by atoms with E-state index in [0.29, 0.717) is 12.8 Å². The topological polar surface area (TPSA) is 117 Å². The summed E-state index contributed by atoms with van der Waals surface area (Å²) < 4.78 is 10.8. The van der Waals surface area contributed by atoms with Crippen LogP contribution in [-0.4, -0.2) is 51.5 Å². The number of fused-ring (bicyclic) bond motifs is 2. The van der Waals surface area contributed by atoms with Crippen molar-refractivity contribution in [3.05, 3.63) is 35.4 Å². The smallest absolute Gasteiger partial charge is 0.342 e. The number of esters is 1. The van der Waals surface area contributed by atoms with Gasteiger partial charge in [0, 0.05) is 25.3 Å². The van der Waals surface area contributed by atoms with E-state index in [9.17, 15) is 24.9 Å². The molecule has 134 valence electrons. The van der Waals surface area contributed by atoms with Gasteiger partial charge in [-0.3, -0.25) is 4.79 Å². The van der Waals surface area contributed by atoms with E-state index in [1.165, 1.54) is 18.2 Å². The van der Waals surface area contributed by atoms with Crippen LogP contribution in [0.25, 0.3) is 0 Å². The highest BCUT2D eigenvalue weighted by Gasteiger charge is 2.41. The minimum absolute atomic E-state index is 0.114. The number of hydrogen-bond acceptors (Lipinski definition) is 7. The van der Waals surface area contributed by atoms with Crippen molar-refractivity contribution in [3.8, 4) is 11.5 Å². The molecule has 2 aliphatic rings. The number of carbonyl (C=O) groups is 2. The number of epoxide rings is 1. The maximum Gasteiger partial charge on any atom is 0.342 e. The van der Waals surface area contributed by atoms with Gasteiger partial charge in [-0.2, -0.15) is 0 Å². The second-order valence-electron chi connectivity index (χ2n) is 6.47. The first-order chi connectivity index (χ1) is 11.8. The Morgan fingerprint density at radius 2 is 1.84 bits per heavy atom. The molecule has 1 aromatic rings. The van der Waals surface area contributed by atoms with E-state index in [2.05, 4.69) is 0 Å². The average Bonchev–Trinajstić information content (AvgIpc) is 3.20. The zero-order valence-electron chi connectivity index (χ0n) is 13.7.